The number of carboxylic acid groups (broad SMARTS) is 1. The quantitative estimate of drug-likeness (QED) is 0.797. The maximum absolute atomic E-state index is 12.2. The van der Waals surface area contributed by atoms with Crippen molar-refractivity contribution in [2.45, 2.75) is 17.9 Å². The molecule has 0 radical (unpaired) electrons. The summed E-state index contributed by atoms with van der Waals surface area (Å²) in [4.78, 5) is 11.0. The zero-order valence-corrected chi connectivity index (χ0v) is 10.6. The van der Waals surface area contributed by atoms with E-state index in [1.165, 1.54) is 18.0 Å². The van der Waals surface area contributed by atoms with Crippen LogP contribution in [0.2, 0.25) is 0 Å². The molecule has 1 aromatic rings. The lowest BCUT2D eigenvalue weighted by molar-refractivity contribution is -0.140. The zero-order chi connectivity index (χ0) is 12.6. The molecule has 94 valence electrons. The van der Waals surface area contributed by atoms with E-state index in [-0.39, 0.29) is 16.5 Å². The Morgan fingerprint density at radius 3 is 2.94 bits per heavy atom. The fourth-order valence-corrected chi connectivity index (χ4v) is 4.84. The van der Waals surface area contributed by atoms with Crippen LogP contribution in [0.1, 0.15) is 5.69 Å². The highest BCUT2D eigenvalue weighted by atomic mass is 32.2. The van der Waals surface area contributed by atoms with Crippen LogP contribution in [0.4, 0.5) is 0 Å². The Balaban J connectivity index is 2.40. The van der Waals surface area contributed by atoms with Gasteiger partial charge in [0.2, 0.25) is 10.0 Å². The molecule has 9 heteroatoms. The predicted octanol–water partition coefficient (Wildman–Crippen LogP) is -0.134. The number of hydrogen-bond donors (Lipinski definition) is 2. The summed E-state index contributed by atoms with van der Waals surface area (Å²) >= 11 is 1.28. The van der Waals surface area contributed by atoms with Crippen LogP contribution in [-0.4, -0.2) is 51.7 Å². The molecule has 0 amide bonds. The summed E-state index contributed by atoms with van der Waals surface area (Å²) in [5, 5.41) is 15.1. The lowest BCUT2D eigenvalue weighted by atomic mass is 10.4. The number of sulfonamides is 1. The van der Waals surface area contributed by atoms with Crippen LogP contribution < -0.4 is 0 Å². The highest BCUT2D eigenvalue weighted by Gasteiger charge is 2.41. The molecule has 7 nitrogen and oxygen atoms in total. The van der Waals surface area contributed by atoms with Crippen LogP contribution in [0.3, 0.4) is 0 Å². The van der Waals surface area contributed by atoms with Crippen LogP contribution in [-0.2, 0) is 14.8 Å². The van der Waals surface area contributed by atoms with E-state index in [4.69, 9.17) is 5.11 Å². The maximum Gasteiger partial charge on any atom is 0.322 e. The first kappa shape index (κ1) is 12.4. The van der Waals surface area contributed by atoms with E-state index in [9.17, 15) is 13.2 Å². The van der Waals surface area contributed by atoms with Crippen molar-refractivity contribution >= 4 is 27.8 Å². The summed E-state index contributed by atoms with van der Waals surface area (Å²) in [7, 11) is -3.78. The number of nitrogens with one attached hydrogen (secondary N) is 1. The summed E-state index contributed by atoms with van der Waals surface area (Å²) in [5.41, 5.74) is 0.408. The van der Waals surface area contributed by atoms with E-state index in [1.54, 1.807) is 6.92 Å². The highest BCUT2D eigenvalue weighted by molar-refractivity contribution is 8.00. The zero-order valence-electron chi connectivity index (χ0n) is 8.95. The molecule has 0 aliphatic carbocycles. The van der Waals surface area contributed by atoms with Gasteiger partial charge in [-0.25, -0.2) is 8.42 Å². The average molecular weight is 277 g/mol. The summed E-state index contributed by atoms with van der Waals surface area (Å²) in [6.45, 7) is 1.58. The minimum absolute atomic E-state index is 0.0336. The van der Waals surface area contributed by atoms with Gasteiger partial charge in [-0.3, -0.25) is 9.89 Å². The van der Waals surface area contributed by atoms with Crippen molar-refractivity contribution in [2.75, 3.05) is 11.6 Å². The molecule has 1 unspecified atom stereocenters. The third kappa shape index (κ3) is 2.05. The molecule has 1 atom stereocenters. The number of aromatic nitrogens is 2. The van der Waals surface area contributed by atoms with E-state index in [1.807, 2.05) is 0 Å². The van der Waals surface area contributed by atoms with Gasteiger partial charge < -0.3 is 5.11 Å². The van der Waals surface area contributed by atoms with Gasteiger partial charge in [-0.15, -0.1) is 11.8 Å². The topological polar surface area (TPSA) is 103 Å². The Morgan fingerprint density at radius 2 is 2.41 bits per heavy atom. The number of H-pyrrole nitrogens is 1. The Hall–Kier alpha value is -1.06. The number of carbonyl (C=O) groups is 1. The van der Waals surface area contributed by atoms with Gasteiger partial charge >= 0.3 is 5.97 Å². The molecule has 2 rings (SSSR count). The third-order valence-electron chi connectivity index (χ3n) is 2.50. The predicted molar refractivity (Wildman–Crippen MR) is 61.1 cm³/mol. The molecule has 1 aliphatic heterocycles. The molecule has 0 saturated carbocycles. The van der Waals surface area contributed by atoms with Crippen molar-refractivity contribution in [3.63, 3.8) is 0 Å². The number of aliphatic carboxylic acids is 1. The minimum atomic E-state index is -3.78. The summed E-state index contributed by atoms with van der Waals surface area (Å²) in [5.74, 6) is -0.699. The van der Waals surface area contributed by atoms with Crippen molar-refractivity contribution in [2.24, 2.45) is 0 Å². The Bertz CT molecular complexity index is 539. The van der Waals surface area contributed by atoms with E-state index in [2.05, 4.69) is 10.2 Å². The second-order valence-corrected chi connectivity index (χ2v) is 6.46. The first-order chi connectivity index (χ1) is 7.94. The summed E-state index contributed by atoms with van der Waals surface area (Å²) < 4.78 is 25.4. The normalized spacial score (nSPS) is 21.8. The second kappa shape index (κ2) is 4.31. The van der Waals surface area contributed by atoms with E-state index in [0.717, 1.165) is 4.31 Å². The van der Waals surface area contributed by atoms with Crippen molar-refractivity contribution < 1.29 is 18.3 Å². The number of rotatable bonds is 3. The first-order valence-corrected chi connectivity index (χ1v) is 7.36. The third-order valence-corrected chi connectivity index (χ3v) is 5.64. The largest absolute Gasteiger partial charge is 0.480 e. The van der Waals surface area contributed by atoms with Crippen LogP contribution in [0, 0.1) is 6.92 Å². The number of carboxylic acids is 1. The van der Waals surface area contributed by atoms with Gasteiger partial charge in [-0.05, 0) is 6.92 Å². The standard InChI is InChI=1S/C8H11N3O4S2/c1-5-7(2-9-10-5)17(14,15)11-4-16-3-6(11)8(12)13/h2,6H,3-4H2,1H3,(H,9,10)(H,12,13). The fourth-order valence-electron chi connectivity index (χ4n) is 1.58. The molecule has 2 N–H and O–H groups in total. The summed E-state index contributed by atoms with van der Waals surface area (Å²) in [6, 6.07) is -1.00. The van der Waals surface area contributed by atoms with E-state index < -0.39 is 22.0 Å². The van der Waals surface area contributed by atoms with Crippen molar-refractivity contribution in [3.8, 4) is 0 Å². The number of aromatic amines is 1. The maximum atomic E-state index is 12.2. The number of nitrogens with zero attached hydrogens (tertiary/aromatic N) is 2. The van der Waals surface area contributed by atoms with Crippen molar-refractivity contribution in [3.05, 3.63) is 11.9 Å². The van der Waals surface area contributed by atoms with Gasteiger partial charge in [0, 0.05) is 5.75 Å². The van der Waals surface area contributed by atoms with Gasteiger partial charge in [0.25, 0.3) is 0 Å². The van der Waals surface area contributed by atoms with Crippen molar-refractivity contribution in [1.82, 2.24) is 14.5 Å². The molecule has 0 aromatic carbocycles. The first-order valence-electron chi connectivity index (χ1n) is 4.77. The van der Waals surface area contributed by atoms with Crippen LogP contribution in [0.5, 0.6) is 0 Å². The SMILES string of the molecule is Cc1[nH]ncc1S(=O)(=O)N1CSCC1C(=O)O. The van der Waals surface area contributed by atoms with Gasteiger partial charge in [0.1, 0.15) is 10.9 Å². The Morgan fingerprint density at radius 1 is 1.71 bits per heavy atom. The summed E-state index contributed by atoms with van der Waals surface area (Å²) in [6.07, 6.45) is 1.20. The smallest absolute Gasteiger partial charge is 0.322 e. The van der Waals surface area contributed by atoms with Gasteiger partial charge in [0.15, 0.2) is 0 Å². The molecule has 17 heavy (non-hydrogen) atoms. The number of hydrogen-bond acceptors (Lipinski definition) is 5. The molecule has 1 fully saturated rings. The van der Waals surface area contributed by atoms with Gasteiger partial charge in [0.05, 0.1) is 17.8 Å². The molecule has 1 aliphatic rings. The molecular weight excluding hydrogens is 266 g/mol. The molecule has 2 heterocycles. The molecule has 1 aromatic heterocycles. The second-order valence-electron chi connectivity index (χ2n) is 3.61. The monoisotopic (exact) mass is 277 g/mol. The van der Waals surface area contributed by atoms with Crippen molar-refractivity contribution in [1.29, 1.82) is 0 Å². The lowest BCUT2D eigenvalue weighted by Crippen LogP contribution is -2.41. The van der Waals surface area contributed by atoms with Crippen LogP contribution in [0.15, 0.2) is 11.1 Å². The minimum Gasteiger partial charge on any atom is -0.480 e. The van der Waals surface area contributed by atoms with Gasteiger partial charge in [-0.1, -0.05) is 0 Å². The highest BCUT2D eigenvalue weighted by Crippen LogP contribution is 2.28. The molecule has 0 spiro atoms. The van der Waals surface area contributed by atoms with Crippen LogP contribution >= 0.6 is 11.8 Å². The molecule has 1 saturated heterocycles. The van der Waals surface area contributed by atoms with E-state index in [0.29, 0.717) is 5.69 Å². The van der Waals surface area contributed by atoms with Gasteiger partial charge in [-0.2, -0.15) is 9.40 Å². The number of aryl methyl sites for hydroxylation is 1. The Labute approximate surface area is 102 Å². The Kier molecular flexibility index (Phi) is 3.15. The van der Waals surface area contributed by atoms with E-state index >= 15 is 0 Å². The lowest BCUT2D eigenvalue weighted by Gasteiger charge is -2.19. The molecular formula is C8H11N3O4S2. The average Bonchev–Trinajstić information content (AvgIpc) is 2.84. The number of thioether (sulfide) groups is 1. The molecule has 0 bridgehead atoms. The fraction of sp³-hybridized carbons (Fsp3) is 0.500. The van der Waals surface area contributed by atoms with Crippen LogP contribution in [0.25, 0.3) is 0 Å².